The average Bonchev–Trinajstić information content (AvgIpc) is 3.39. The molecule has 7 heteroatoms. The van der Waals surface area contributed by atoms with Gasteiger partial charge in [0.1, 0.15) is 11.7 Å². The van der Waals surface area contributed by atoms with E-state index in [0.29, 0.717) is 24.9 Å². The van der Waals surface area contributed by atoms with Crippen molar-refractivity contribution in [3.05, 3.63) is 42.0 Å². The van der Waals surface area contributed by atoms with E-state index < -0.39 is 28.6 Å². The molecule has 3 fully saturated rings. The lowest BCUT2D eigenvalue weighted by Gasteiger charge is -2.43. The summed E-state index contributed by atoms with van der Waals surface area (Å²) >= 11 is 0. The lowest BCUT2D eigenvalue weighted by molar-refractivity contribution is -0.166. The highest BCUT2D eigenvalue weighted by molar-refractivity contribution is 6.02. The van der Waals surface area contributed by atoms with E-state index in [1.165, 1.54) is 13.2 Å². The van der Waals surface area contributed by atoms with Crippen molar-refractivity contribution >= 4 is 23.4 Å². The van der Waals surface area contributed by atoms with Crippen molar-refractivity contribution in [3.63, 3.8) is 0 Å². The third kappa shape index (κ3) is 2.11. The summed E-state index contributed by atoms with van der Waals surface area (Å²) in [4.78, 5) is 39.9. The molecule has 6 atom stereocenters. The van der Waals surface area contributed by atoms with Gasteiger partial charge < -0.3 is 19.5 Å². The van der Waals surface area contributed by atoms with Crippen molar-refractivity contribution in [2.24, 2.45) is 17.3 Å². The van der Waals surface area contributed by atoms with Crippen LogP contribution < -0.4 is 4.90 Å². The predicted molar refractivity (Wildman–Crippen MR) is 107 cm³/mol. The van der Waals surface area contributed by atoms with Gasteiger partial charge in [-0.15, -0.1) is 0 Å². The Morgan fingerprint density at radius 3 is 2.80 bits per heavy atom. The number of carbonyl (C=O) groups is 3. The molecule has 0 amide bonds. The van der Waals surface area contributed by atoms with Gasteiger partial charge >= 0.3 is 11.9 Å². The van der Waals surface area contributed by atoms with Crippen molar-refractivity contribution in [3.8, 4) is 0 Å². The van der Waals surface area contributed by atoms with Crippen LogP contribution in [0.2, 0.25) is 0 Å². The standard InChI is InChI=1S/C23H25NO6/c1-13-7-8-16-18(21(2)17(25)9-10-23(13,21)28)30-20(27)22(16)12-24(22)15-6-4-5-14(11-15)19(26)29-3/h4-6,9-11,13,16,18,28H,7-8,12H2,1-3H3/t13-,16+,18+,21-,22-,23+,24?/m0/s1. The van der Waals surface area contributed by atoms with E-state index in [-0.39, 0.29) is 23.6 Å². The van der Waals surface area contributed by atoms with Gasteiger partial charge in [0.15, 0.2) is 11.3 Å². The number of allylic oxidation sites excluding steroid dienone is 1. The van der Waals surface area contributed by atoms with Gasteiger partial charge in [-0.25, -0.2) is 9.59 Å². The van der Waals surface area contributed by atoms with Crippen LogP contribution in [0, 0.1) is 17.3 Å². The van der Waals surface area contributed by atoms with Crippen LogP contribution in [-0.4, -0.2) is 53.7 Å². The number of methoxy groups -OCH3 is 1. The van der Waals surface area contributed by atoms with Crippen LogP contribution in [0.1, 0.15) is 37.0 Å². The van der Waals surface area contributed by atoms with Gasteiger partial charge in [0.2, 0.25) is 0 Å². The van der Waals surface area contributed by atoms with Crippen molar-refractivity contribution in [2.45, 2.75) is 43.9 Å². The number of hydrogen-bond donors (Lipinski definition) is 1. The second kappa shape index (κ2) is 5.94. The molecule has 7 nitrogen and oxygen atoms in total. The summed E-state index contributed by atoms with van der Waals surface area (Å²) in [6.07, 6.45) is 3.67. The molecule has 5 rings (SSSR count). The average molecular weight is 411 g/mol. The van der Waals surface area contributed by atoms with E-state index in [1.807, 2.05) is 17.9 Å². The van der Waals surface area contributed by atoms with Crippen molar-refractivity contribution in [2.75, 3.05) is 18.6 Å². The molecule has 1 aromatic rings. The summed E-state index contributed by atoms with van der Waals surface area (Å²) in [5.74, 6) is -1.36. The molecule has 2 heterocycles. The normalized spacial score (nSPS) is 41.3. The summed E-state index contributed by atoms with van der Waals surface area (Å²) in [5.41, 5.74) is -2.25. The summed E-state index contributed by atoms with van der Waals surface area (Å²) in [6.45, 7) is 4.13. The van der Waals surface area contributed by atoms with Crippen molar-refractivity contribution in [1.82, 2.24) is 0 Å². The van der Waals surface area contributed by atoms with Gasteiger partial charge in [-0.05, 0) is 56.0 Å². The molecule has 4 aliphatic rings. The smallest absolute Gasteiger partial charge is 0.337 e. The van der Waals surface area contributed by atoms with Crippen LogP contribution in [0.4, 0.5) is 5.69 Å². The molecule has 30 heavy (non-hydrogen) atoms. The zero-order valence-electron chi connectivity index (χ0n) is 17.3. The Bertz CT molecular complexity index is 1000. The highest BCUT2D eigenvalue weighted by Crippen LogP contribution is 2.62. The number of esters is 2. The molecule has 0 radical (unpaired) electrons. The first-order valence-corrected chi connectivity index (χ1v) is 10.3. The first kappa shape index (κ1) is 19.3. The molecule has 0 aromatic heterocycles. The Morgan fingerprint density at radius 2 is 2.07 bits per heavy atom. The Hall–Kier alpha value is -2.67. The van der Waals surface area contributed by atoms with Crippen molar-refractivity contribution < 1.29 is 29.0 Å². The zero-order chi connectivity index (χ0) is 21.5. The van der Waals surface area contributed by atoms with Gasteiger partial charge in [-0.3, -0.25) is 4.79 Å². The second-order valence-corrected chi connectivity index (χ2v) is 9.19. The number of ketones is 1. The molecule has 1 saturated carbocycles. The quantitative estimate of drug-likeness (QED) is 0.587. The zero-order valence-corrected chi connectivity index (χ0v) is 17.3. The maximum absolute atomic E-state index is 13.2. The fraction of sp³-hybridized carbons (Fsp3) is 0.522. The summed E-state index contributed by atoms with van der Waals surface area (Å²) < 4.78 is 10.7. The van der Waals surface area contributed by atoms with Crippen LogP contribution >= 0.6 is 0 Å². The monoisotopic (exact) mass is 411 g/mol. The molecular weight excluding hydrogens is 386 g/mol. The molecular formula is C23H25NO6. The maximum Gasteiger partial charge on any atom is 0.337 e. The van der Waals surface area contributed by atoms with Gasteiger partial charge in [0, 0.05) is 11.6 Å². The fourth-order valence-corrected chi connectivity index (χ4v) is 5.99. The summed E-state index contributed by atoms with van der Waals surface area (Å²) in [5, 5.41) is 11.5. The van der Waals surface area contributed by atoms with Gasteiger partial charge in [0.25, 0.3) is 0 Å². The number of nitrogens with zero attached hydrogens (tertiary/aromatic N) is 1. The van der Waals surface area contributed by atoms with Crippen molar-refractivity contribution in [1.29, 1.82) is 0 Å². The molecule has 2 aliphatic carbocycles. The van der Waals surface area contributed by atoms with Crippen LogP contribution in [0.15, 0.2) is 36.4 Å². The van der Waals surface area contributed by atoms with Crippen LogP contribution in [0.3, 0.4) is 0 Å². The summed E-state index contributed by atoms with van der Waals surface area (Å²) in [7, 11) is 1.33. The molecule has 2 saturated heterocycles. The first-order valence-electron chi connectivity index (χ1n) is 10.3. The minimum atomic E-state index is -1.33. The number of aliphatic hydroxyl groups is 1. The van der Waals surface area contributed by atoms with Crippen LogP contribution in [-0.2, 0) is 19.1 Å². The van der Waals surface area contributed by atoms with E-state index in [9.17, 15) is 19.5 Å². The predicted octanol–water partition coefficient (Wildman–Crippen LogP) is 1.88. The molecule has 2 aliphatic heterocycles. The number of carbonyl (C=O) groups excluding carboxylic acids is 3. The molecule has 1 spiro atoms. The van der Waals surface area contributed by atoms with E-state index in [2.05, 4.69) is 0 Å². The topological polar surface area (TPSA) is 92.9 Å². The van der Waals surface area contributed by atoms with E-state index in [0.717, 1.165) is 5.69 Å². The Balaban J connectivity index is 1.54. The molecule has 0 unspecified atom stereocenters. The second-order valence-electron chi connectivity index (χ2n) is 9.19. The third-order valence-corrected chi connectivity index (χ3v) is 7.99. The van der Waals surface area contributed by atoms with Gasteiger partial charge in [-0.1, -0.05) is 13.0 Å². The number of benzene rings is 1. The fourth-order valence-electron chi connectivity index (χ4n) is 5.99. The summed E-state index contributed by atoms with van der Waals surface area (Å²) in [6, 6.07) is 6.98. The molecule has 158 valence electrons. The number of ether oxygens (including phenoxy) is 2. The Labute approximate surface area is 174 Å². The number of rotatable bonds is 2. The minimum absolute atomic E-state index is 0.138. The Morgan fingerprint density at radius 1 is 1.30 bits per heavy atom. The van der Waals surface area contributed by atoms with Gasteiger partial charge in [-0.2, -0.15) is 0 Å². The first-order chi connectivity index (χ1) is 14.2. The lowest BCUT2D eigenvalue weighted by atomic mass is 9.64. The third-order valence-electron chi connectivity index (χ3n) is 7.99. The van der Waals surface area contributed by atoms with Crippen LogP contribution in [0.25, 0.3) is 0 Å². The Kier molecular flexibility index (Phi) is 3.82. The SMILES string of the molecule is COC(=O)c1cccc(N2C[C@]23C(=O)O[C@@H]2[C@H]3CC[C@H](C)[C@]3(O)C=CC(=O)[C@@]23C)c1. The van der Waals surface area contributed by atoms with E-state index >= 15 is 0 Å². The highest BCUT2D eigenvalue weighted by Gasteiger charge is 2.77. The molecule has 0 bridgehead atoms. The molecule has 1 aromatic carbocycles. The largest absolute Gasteiger partial charge is 0.465 e. The van der Waals surface area contributed by atoms with Crippen LogP contribution in [0.5, 0.6) is 0 Å². The highest BCUT2D eigenvalue weighted by atomic mass is 16.6. The number of hydrogen-bond acceptors (Lipinski definition) is 7. The molecule has 1 N–H and O–H groups in total. The van der Waals surface area contributed by atoms with E-state index in [4.69, 9.17) is 9.47 Å². The maximum atomic E-state index is 13.2. The number of fused-ring (bicyclic) bond motifs is 4. The van der Waals surface area contributed by atoms with E-state index in [1.54, 1.807) is 31.2 Å². The number of anilines is 1. The van der Waals surface area contributed by atoms with Gasteiger partial charge in [0.05, 0.1) is 24.6 Å². The minimum Gasteiger partial charge on any atom is -0.465 e. The lowest BCUT2D eigenvalue weighted by Crippen LogP contribution is -2.57.